The highest BCUT2D eigenvalue weighted by Gasteiger charge is 2.37. The number of anilines is 1. The number of amides is 2. The fraction of sp³-hybridized carbons (Fsp3) is 0.464. The topological polar surface area (TPSA) is 95.9 Å². The van der Waals surface area contributed by atoms with E-state index in [2.05, 4.69) is 5.32 Å². The van der Waals surface area contributed by atoms with Crippen molar-refractivity contribution >= 4 is 23.5 Å². The summed E-state index contributed by atoms with van der Waals surface area (Å²) in [6.45, 7) is 6.76. The summed E-state index contributed by atoms with van der Waals surface area (Å²) in [5.74, 6) is -1.32. The molecular formula is C28H33FN2O5. The highest BCUT2D eigenvalue weighted by atomic mass is 19.1. The van der Waals surface area contributed by atoms with Crippen LogP contribution in [0.15, 0.2) is 30.3 Å². The maximum atomic E-state index is 15.0. The van der Waals surface area contributed by atoms with Gasteiger partial charge in [-0.3, -0.25) is 14.4 Å². The van der Waals surface area contributed by atoms with Crippen LogP contribution in [0.3, 0.4) is 0 Å². The lowest BCUT2D eigenvalue weighted by atomic mass is 9.86. The van der Waals surface area contributed by atoms with Crippen LogP contribution in [-0.2, 0) is 32.6 Å². The van der Waals surface area contributed by atoms with Gasteiger partial charge in [-0.25, -0.2) is 4.39 Å². The normalized spacial score (nSPS) is 17.8. The van der Waals surface area contributed by atoms with Gasteiger partial charge < -0.3 is 20.1 Å². The molecule has 0 radical (unpaired) electrons. The molecule has 192 valence electrons. The summed E-state index contributed by atoms with van der Waals surface area (Å²) in [6.07, 6.45) is 2.24. The average molecular weight is 497 g/mol. The molecule has 2 aromatic rings. The van der Waals surface area contributed by atoms with Crippen molar-refractivity contribution in [2.45, 2.75) is 70.8 Å². The van der Waals surface area contributed by atoms with Gasteiger partial charge in [0, 0.05) is 25.1 Å². The van der Waals surface area contributed by atoms with Crippen molar-refractivity contribution in [1.82, 2.24) is 4.90 Å². The summed E-state index contributed by atoms with van der Waals surface area (Å²) < 4.78 is 20.6. The molecule has 2 aliphatic rings. The van der Waals surface area contributed by atoms with Gasteiger partial charge >= 0.3 is 5.97 Å². The SMILES string of the molecule is CCOc1ccc2c(c1)CCN(C(=O)CCCC(=O)O)C2C(=O)Nc1cc(F)c2c(c1)CCC2(C)C. The first kappa shape index (κ1) is 25.7. The highest BCUT2D eigenvalue weighted by molar-refractivity contribution is 5.98. The molecule has 1 heterocycles. The van der Waals surface area contributed by atoms with E-state index in [1.54, 1.807) is 12.1 Å². The van der Waals surface area contributed by atoms with Gasteiger partial charge in [0.2, 0.25) is 5.91 Å². The second-order valence-corrected chi connectivity index (χ2v) is 10.1. The molecule has 0 saturated carbocycles. The van der Waals surface area contributed by atoms with Crippen molar-refractivity contribution in [3.8, 4) is 5.75 Å². The van der Waals surface area contributed by atoms with Crippen LogP contribution >= 0.6 is 0 Å². The van der Waals surface area contributed by atoms with Crippen molar-refractivity contribution in [3.05, 3.63) is 58.4 Å². The lowest BCUT2D eigenvalue weighted by Gasteiger charge is -2.36. The molecule has 0 aromatic heterocycles. The number of hydrogen-bond acceptors (Lipinski definition) is 4. The van der Waals surface area contributed by atoms with Gasteiger partial charge in [-0.15, -0.1) is 0 Å². The highest BCUT2D eigenvalue weighted by Crippen LogP contribution is 2.41. The Hall–Kier alpha value is -3.42. The van der Waals surface area contributed by atoms with E-state index in [0.717, 1.165) is 24.0 Å². The minimum absolute atomic E-state index is 0.0327. The van der Waals surface area contributed by atoms with Crippen LogP contribution in [0.2, 0.25) is 0 Å². The predicted molar refractivity (Wildman–Crippen MR) is 134 cm³/mol. The Labute approximate surface area is 210 Å². The number of nitrogens with one attached hydrogen (secondary N) is 1. The number of ether oxygens (including phenoxy) is 1. The molecule has 2 N–H and O–H groups in total. The Morgan fingerprint density at radius 2 is 1.92 bits per heavy atom. The van der Waals surface area contributed by atoms with Crippen molar-refractivity contribution in [2.24, 2.45) is 0 Å². The van der Waals surface area contributed by atoms with E-state index in [4.69, 9.17) is 9.84 Å². The number of aliphatic carboxylic acids is 1. The molecule has 2 amide bonds. The number of fused-ring (bicyclic) bond motifs is 2. The Bertz CT molecular complexity index is 1190. The fourth-order valence-corrected chi connectivity index (χ4v) is 5.42. The molecule has 1 unspecified atom stereocenters. The molecule has 4 rings (SSSR count). The number of halogens is 1. The van der Waals surface area contributed by atoms with E-state index in [9.17, 15) is 14.4 Å². The molecule has 0 fully saturated rings. The number of carbonyl (C=O) groups excluding carboxylic acids is 2. The van der Waals surface area contributed by atoms with Crippen molar-refractivity contribution < 1.29 is 28.6 Å². The fourth-order valence-electron chi connectivity index (χ4n) is 5.42. The van der Waals surface area contributed by atoms with Gasteiger partial charge in [-0.05, 0) is 84.5 Å². The number of aryl methyl sites for hydroxylation is 1. The van der Waals surface area contributed by atoms with E-state index in [1.807, 2.05) is 32.9 Å². The molecule has 0 spiro atoms. The van der Waals surface area contributed by atoms with E-state index in [-0.39, 0.29) is 36.4 Å². The zero-order valence-electron chi connectivity index (χ0n) is 21.0. The summed E-state index contributed by atoms with van der Waals surface area (Å²) in [6, 6.07) is 7.74. The first-order valence-electron chi connectivity index (χ1n) is 12.5. The average Bonchev–Trinajstić information content (AvgIpc) is 3.12. The second-order valence-electron chi connectivity index (χ2n) is 10.1. The molecular weight excluding hydrogens is 463 g/mol. The maximum absolute atomic E-state index is 15.0. The van der Waals surface area contributed by atoms with Gasteiger partial charge in [0.15, 0.2) is 0 Å². The minimum Gasteiger partial charge on any atom is -0.494 e. The maximum Gasteiger partial charge on any atom is 0.303 e. The molecule has 2 aromatic carbocycles. The smallest absolute Gasteiger partial charge is 0.303 e. The third-order valence-corrected chi connectivity index (χ3v) is 7.14. The monoisotopic (exact) mass is 496 g/mol. The first-order chi connectivity index (χ1) is 17.1. The minimum atomic E-state index is -0.966. The third-order valence-electron chi connectivity index (χ3n) is 7.14. The van der Waals surface area contributed by atoms with Crippen LogP contribution in [0.25, 0.3) is 0 Å². The number of rotatable bonds is 8. The Morgan fingerprint density at radius 1 is 1.14 bits per heavy atom. The van der Waals surface area contributed by atoms with E-state index in [1.165, 1.54) is 11.0 Å². The lowest BCUT2D eigenvalue weighted by Crippen LogP contribution is -2.45. The summed E-state index contributed by atoms with van der Waals surface area (Å²) in [5.41, 5.74) is 3.31. The van der Waals surface area contributed by atoms with Gasteiger partial charge in [0.05, 0.1) is 6.61 Å². The molecule has 0 saturated heterocycles. The van der Waals surface area contributed by atoms with Gasteiger partial charge in [-0.1, -0.05) is 19.9 Å². The molecule has 7 nitrogen and oxygen atoms in total. The molecule has 1 aliphatic carbocycles. The van der Waals surface area contributed by atoms with E-state index >= 15 is 4.39 Å². The largest absolute Gasteiger partial charge is 0.494 e. The van der Waals surface area contributed by atoms with Crippen LogP contribution < -0.4 is 10.1 Å². The third kappa shape index (κ3) is 5.22. The summed E-state index contributed by atoms with van der Waals surface area (Å²) in [4.78, 5) is 39.1. The number of carbonyl (C=O) groups is 3. The van der Waals surface area contributed by atoms with Gasteiger partial charge in [0.1, 0.15) is 17.6 Å². The Kier molecular flexibility index (Phi) is 7.33. The van der Waals surface area contributed by atoms with Crippen molar-refractivity contribution in [3.63, 3.8) is 0 Å². The van der Waals surface area contributed by atoms with Crippen LogP contribution in [-0.4, -0.2) is 40.9 Å². The molecule has 0 bridgehead atoms. The number of nitrogens with zero attached hydrogens (tertiary/aromatic N) is 1. The van der Waals surface area contributed by atoms with E-state index in [0.29, 0.717) is 42.1 Å². The lowest BCUT2D eigenvalue weighted by molar-refractivity contribution is -0.140. The van der Waals surface area contributed by atoms with Crippen LogP contribution in [0.5, 0.6) is 5.75 Å². The van der Waals surface area contributed by atoms with Gasteiger partial charge in [0.25, 0.3) is 5.91 Å². The van der Waals surface area contributed by atoms with Crippen LogP contribution in [0, 0.1) is 5.82 Å². The van der Waals surface area contributed by atoms with Crippen molar-refractivity contribution in [2.75, 3.05) is 18.5 Å². The summed E-state index contributed by atoms with van der Waals surface area (Å²) >= 11 is 0. The standard InChI is InChI=1S/C28H33FN2O5/c1-4-36-20-8-9-21-17(15-20)11-13-31(23(32)6-5-7-24(33)34)26(21)27(35)30-19-14-18-10-12-28(2,3)25(18)22(29)16-19/h8-9,14-16,26H,4-7,10-13H2,1-3H3,(H,30,35)(H,33,34). The Morgan fingerprint density at radius 3 is 2.64 bits per heavy atom. The molecule has 8 heteroatoms. The van der Waals surface area contributed by atoms with Crippen LogP contribution in [0.1, 0.15) is 74.8 Å². The predicted octanol–water partition coefficient (Wildman–Crippen LogP) is 4.77. The van der Waals surface area contributed by atoms with E-state index < -0.39 is 17.9 Å². The van der Waals surface area contributed by atoms with Crippen LogP contribution in [0.4, 0.5) is 10.1 Å². The zero-order valence-corrected chi connectivity index (χ0v) is 21.0. The summed E-state index contributed by atoms with van der Waals surface area (Å²) in [7, 11) is 0. The number of benzene rings is 2. The Balaban J connectivity index is 1.63. The van der Waals surface area contributed by atoms with Gasteiger partial charge in [-0.2, -0.15) is 0 Å². The number of carboxylic acids is 1. The molecule has 36 heavy (non-hydrogen) atoms. The number of carboxylic acid groups (broad SMARTS) is 1. The summed E-state index contributed by atoms with van der Waals surface area (Å²) in [5, 5.41) is 11.8. The quantitative estimate of drug-likeness (QED) is 0.549. The van der Waals surface area contributed by atoms with Crippen molar-refractivity contribution in [1.29, 1.82) is 0 Å². The molecule has 1 aliphatic heterocycles. The zero-order chi connectivity index (χ0) is 26.0. The second kappa shape index (κ2) is 10.3. The molecule has 1 atom stereocenters. The first-order valence-corrected chi connectivity index (χ1v) is 12.5. The number of hydrogen-bond donors (Lipinski definition) is 2.